The number of nitrogens with one attached hydrogen (secondary N) is 1. The molecular formula is C19H21Cl2NO3. The van der Waals surface area contributed by atoms with Gasteiger partial charge in [0.1, 0.15) is 0 Å². The van der Waals surface area contributed by atoms with Crippen LogP contribution in [0.2, 0.25) is 10.0 Å². The molecule has 1 N–H and O–H groups in total. The molecule has 0 aliphatic rings. The van der Waals surface area contributed by atoms with Gasteiger partial charge < -0.3 is 14.8 Å². The SMILES string of the molecule is CCCCOc1ccc(C(=O)Nc2cc(Cl)ccc2Cl)cc1OCC. The van der Waals surface area contributed by atoms with Gasteiger partial charge in [0.2, 0.25) is 0 Å². The van der Waals surface area contributed by atoms with Crippen LogP contribution in [0.1, 0.15) is 37.0 Å². The molecule has 6 heteroatoms. The Balaban J connectivity index is 2.18. The summed E-state index contributed by atoms with van der Waals surface area (Å²) in [6.45, 7) is 5.07. The largest absolute Gasteiger partial charge is 0.490 e. The molecule has 0 saturated carbocycles. The van der Waals surface area contributed by atoms with Gasteiger partial charge >= 0.3 is 0 Å². The first-order valence-corrected chi connectivity index (χ1v) is 8.96. The van der Waals surface area contributed by atoms with Crippen LogP contribution < -0.4 is 14.8 Å². The Labute approximate surface area is 158 Å². The van der Waals surface area contributed by atoms with Gasteiger partial charge in [-0.25, -0.2) is 0 Å². The molecule has 0 aliphatic heterocycles. The maximum Gasteiger partial charge on any atom is 0.255 e. The Morgan fingerprint density at radius 2 is 1.84 bits per heavy atom. The molecule has 0 aromatic heterocycles. The van der Waals surface area contributed by atoms with Crippen LogP contribution in [-0.4, -0.2) is 19.1 Å². The van der Waals surface area contributed by atoms with E-state index in [4.69, 9.17) is 32.7 Å². The second-order valence-electron chi connectivity index (χ2n) is 5.37. The molecule has 0 heterocycles. The fourth-order valence-electron chi connectivity index (χ4n) is 2.15. The lowest BCUT2D eigenvalue weighted by atomic mass is 10.1. The van der Waals surface area contributed by atoms with Gasteiger partial charge in [0, 0.05) is 10.6 Å². The van der Waals surface area contributed by atoms with Crippen molar-refractivity contribution in [2.75, 3.05) is 18.5 Å². The third-order valence-corrected chi connectivity index (χ3v) is 4.00. The molecule has 2 aromatic carbocycles. The molecule has 0 unspecified atom stereocenters. The van der Waals surface area contributed by atoms with Gasteiger partial charge in [-0.2, -0.15) is 0 Å². The molecule has 134 valence electrons. The first-order valence-electron chi connectivity index (χ1n) is 8.21. The number of carbonyl (C=O) groups is 1. The van der Waals surface area contributed by atoms with Crippen molar-refractivity contribution >= 4 is 34.8 Å². The molecule has 0 aliphatic carbocycles. The average molecular weight is 382 g/mol. The minimum atomic E-state index is -0.301. The summed E-state index contributed by atoms with van der Waals surface area (Å²) >= 11 is 12.0. The number of carbonyl (C=O) groups excluding carboxylic acids is 1. The van der Waals surface area contributed by atoms with Gasteiger partial charge in [-0.1, -0.05) is 36.5 Å². The van der Waals surface area contributed by atoms with Gasteiger partial charge in [-0.3, -0.25) is 4.79 Å². The number of amides is 1. The highest BCUT2D eigenvalue weighted by Crippen LogP contribution is 2.30. The van der Waals surface area contributed by atoms with Crippen molar-refractivity contribution in [2.24, 2.45) is 0 Å². The molecule has 0 spiro atoms. The second kappa shape index (κ2) is 9.54. The molecule has 2 rings (SSSR count). The number of unbranched alkanes of at least 4 members (excludes halogenated alkanes) is 1. The zero-order valence-electron chi connectivity index (χ0n) is 14.3. The fraction of sp³-hybridized carbons (Fsp3) is 0.316. The van der Waals surface area contributed by atoms with E-state index < -0.39 is 0 Å². The fourth-order valence-corrected chi connectivity index (χ4v) is 2.49. The molecular weight excluding hydrogens is 361 g/mol. The number of hydrogen-bond acceptors (Lipinski definition) is 3. The van der Waals surface area contributed by atoms with Crippen molar-refractivity contribution in [3.05, 3.63) is 52.0 Å². The summed E-state index contributed by atoms with van der Waals surface area (Å²) in [4.78, 5) is 12.5. The molecule has 0 atom stereocenters. The summed E-state index contributed by atoms with van der Waals surface area (Å²) in [5.74, 6) is 0.876. The van der Waals surface area contributed by atoms with Crippen molar-refractivity contribution in [1.29, 1.82) is 0 Å². The predicted molar refractivity (Wildman–Crippen MR) is 102 cm³/mol. The number of halogens is 2. The molecule has 0 radical (unpaired) electrons. The molecule has 0 bridgehead atoms. The maximum absolute atomic E-state index is 12.5. The zero-order chi connectivity index (χ0) is 18.2. The van der Waals surface area contributed by atoms with E-state index in [9.17, 15) is 4.79 Å². The minimum Gasteiger partial charge on any atom is -0.490 e. The first-order chi connectivity index (χ1) is 12.0. The third kappa shape index (κ3) is 5.55. The van der Waals surface area contributed by atoms with E-state index in [1.165, 1.54) is 0 Å². The summed E-state index contributed by atoms with van der Waals surface area (Å²) in [6.07, 6.45) is 2.01. The minimum absolute atomic E-state index is 0.301. The summed E-state index contributed by atoms with van der Waals surface area (Å²) in [6, 6.07) is 10.0. The highest BCUT2D eigenvalue weighted by atomic mass is 35.5. The smallest absolute Gasteiger partial charge is 0.255 e. The van der Waals surface area contributed by atoms with Crippen molar-refractivity contribution in [2.45, 2.75) is 26.7 Å². The van der Waals surface area contributed by atoms with Crippen molar-refractivity contribution in [1.82, 2.24) is 0 Å². The lowest BCUT2D eigenvalue weighted by Gasteiger charge is -2.13. The normalized spacial score (nSPS) is 10.4. The van der Waals surface area contributed by atoms with Gasteiger partial charge in [0.05, 0.1) is 23.9 Å². The molecule has 25 heavy (non-hydrogen) atoms. The summed E-state index contributed by atoms with van der Waals surface area (Å²) in [7, 11) is 0. The Hall–Kier alpha value is -1.91. The molecule has 0 fully saturated rings. The van der Waals surface area contributed by atoms with E-state index in [0.29, 0.717) is 46.0 Å². The van der Waals surface area contributed by atoms with E-state index >= 15 is 0 Å². The van der Waals surface area contributed by atoms with Gasteiger partial charge in [-0.05, 0) is 49.7 Å². The maximum atomic E-state index is 12.5. The van der Waals surface area contributed by atoms with Crippen LogP contribution >= 0.6 is 23.2 Å². The van der Waals surface area contributed by atoms with Crippen LogP contribution in [0.25, 0.3) is 0 Å². The lowest BCUT2D eigenvalue weighted by molar-refractivity contribution is 0.102. The highest BCUT2D eigenvalue weighted by molar-refractivity contribution is 6.35. The highest BCUT2D eigenvalue weighted by Gasteiger charge is 2.13. The Morgan fingerprint density at radius 3 is 2.56 bits per heavy atom. The third-order valence-electron chi connectivity index (χ3n) is 3.44. The van der Waals surface area contributed by atoms with Crippen LogP contribution in [0.15, 0.2) is 36.4 Å². The summed E-state index contributed by atoms with van der Waals surface area (Å²) < 4.78 is 11.3. The van der Waals surface area contributed by atoms with E-state index in [1.807, 2.05) is 6.92 Å². The molecule has 0 saturated heterocycles. The van der Waals surface area contributed by atoms with Crippen LogP contribution in [0.4, 0.5) is 5.69 Å². The number of benzene rings is 2. The van der Waals surface area contributed by atoms with E-state index in [1.54, 1.807) is 36.4 Å². The summed E-state index contributed by atoms with van der Waals surface area (Å²) in [5, 5.41) is 3.67. The van der Waals surface area contributed by atoms with E-state index in [2.05, 4.69) is 12.2 Å². The zero-order valence-corrected chi connectivity index (χ0v) is 15.8. The molecule has 1 amide bonds. The van der Waals surface area contributed by atoms with Crippen molar-refractivity contribution in [3.8, 4) is 11.5 Å². The van der Waals surface area contributed by atoms with Crippen LogP contribution in [0, 0.1) is 0 Å². The monoisotopic (exact) mass is 381 g/mol. The number of hydrogen-bond donors (Lipinski definition) is 1. The Kier molecular flexibility index (Phi) is 7.41. The topological polar surface area (TPSA) is 47.6 Å². The van der Waals surface area contributed by atoms with Crippen LogP contribution in [0.3, 0.4) is 0 Å². The van der Waals surface area contributed by atoms with Crippen LogP contribution in [0.5, 0.6) is 11.5 Å². The van der Waals surface area contributed by atoms with Crippen molar-refractivity contribution < 1.29 is 14.3 Å². The average Bonchev–Trinajstić information content (AvgIpc) is 2.59. The van der Waals surface area contributed by atoms with E-state index in [-0.39, 0.29) is 5.91 Å². The van der Waals surface area contributed by atoms with Crippen molar-refractivity contribution in [3.63, 3.8) is 0 Å². The second-order valence-corrected chi connectivity index (χ2v) is 6.22. The number of ether oxygens (including phenoxy) is 2. The number of anilines is 1. The Morgan fingerprint density at radius 1 is 1.04 bits per heavy atom. The molecule has 2 aromatic rings. The predicted octanol–water partition coefficient (Wildman–Crippen LogP) is 5.82. The lowest BCUT2D eigenvalue weighted by Crippen LogP contribution is -2.13. The van der Waals surface area contributed by atoms with Gasteiger partial charge in [0.25, 0.3) is 5.91 Å². The van der Waals surface area contributed by atoms with Gasteiger partial charge in [-0.15, -0.1) is 0 Å². The van der Waals surface area contributed by atoms with Crippen LogP contribution in [-0.2, 0) is 0 Å². The quantitative estimate of drug-likeness (QED) is 0.585. The standard InChI is InChI=1S/C19H21Cl2NO3/c1-3-5-10-25-17-9-6-13(11-18(17)24-4-2)19(23)22-16-12-14(20)7-8-15(16)21/h6-9,11-12H,3-5,10H2,1-2H3,(H,22,23). The Bertz CT molecular complexity index is 735. The first kappa shape index (κ1) is 19.4. The summed E-state index contributed by atoms with van der Waals surface area (Å²) in [5.41, 5.74) is 0.905. The van der Waals surface area contributed by atoms with E-state index in [0.717, 1.165) is 12.8 Å². The number of rotatable bonds is 8. The molecule has 4 nitrogen and oxygen atoms in total. The van der Waals surface area contributed by atoms with Gasteiger partial charge in [0.15, 0.2) is 11.5 Å².